The molecule has 1 saturated heterocycles. The molecule has 1 aromatic carbocycles. The van der Waals surface area contributed by atoms with Crippen molar-refractivity contribution in [3.8, 4) is 0 Å². The van der Waals surface area contributed by atoms with Crippen molar-refractivity contribution in [3.63, 3.8) is 0 Å². The van der Waals surface area contributed by atoms with Crippen LogP contribution in [-0.4, -0.2) is 31.6 Å². The highest BCUT2D eigenvalue weighted by Gasteiger charge is 2.29. The molecule has 3 heterocycles. The summed E-state index contributed by atoms with van der Waals surface area (Å²) in [7, 11) is 1.63. The molecule has 0 aliphatic carbocycles. The molecule has 1 fully saturated rings. The van der Waals surface area contributed by atoms with Gasteiger partial charge in [-0.25, -0.2) is 4.98 Å². The molecule has 0 unspecified atom stereocenters. The van der Waals surface area contributed by atoms with E-state index in [9.17, 15) is 9.59 Å². The Hall–Kier alpha value is -2.97. The summed E-state index contributed by atoms with van der Waals surface area (Å²) in [6.07, 6.45) is 3.27. The maximum atomic E-state index is 13.3. The second-order valence-corrected chi connectivity index (χ2v) is 8.82. The number of aromatic nitrogens is 2. The molecule has 1 aliphatic heterocycles. The second kappa shape index (κ2) is 8.04. The van der Waals surface area contributed by atoms with E-state index in [0.717, 1.165) is 11.1 Å². The van der Waals surface area contributed by atoms with Crippen LogP contribution in [0.4, 0.5) is 5.82 Å². The normalized spacial score (nSPS) is 15.4. The molecular weight excluding hydrogens is 416 g/mol. The summed E-state index contributed by atoms with van der Waals surface area (Å²) < 4.78 is 1.97. The van der Waals surface area contributed by atoms with E-state index in [-0.39, 0.29) is 11.5 Å². The number of thiocarbonyl (C=S) groups is 1. The van der Waals surface area contributed by atoms with E-state index in [1.165, 1.54) is 26.6 Å². The molecule has 0 radical (unpaired) electrons. The predicted molar refractivity (Wildman–Crippen MR) is 126 cm³/mol. The third kappa shape index (κ3) is 3.76. The van der Waals surface area contributed by atoms with Crippen molar-refractivity contribution in [1.82, 2.24) is 14.3 Å². The van der Waals surface area contributed by atoms with E-state index >= 15 is 0 Å². The van der Waals surface area contributed by atoms with Gasteiger partial charge in [-0.2, -0.15) is 0 Å². The number of nitrogens with zero attached hydrogens (tertiary/aromatic N) is 3. The van der Waals surface area contributed by atoms with Crippen LogP contribution >= 0.6 is 24.0 Å². The lowest BCUT2D eigenvalue weighted by Gasteiger charge is -2.12. The average molecular weight is 437 g/mol. The Balaban J connectivity index is 1.82. The van der Waals surface area contributed by atoms with Gasteiger partial charge in [0.15, 0.2) is 0 Å². The molecule has 8 heteroatoms. The number of anilines is 1. The van der Waals surface area contributed by atoms with Crippen LogP contribution in [0.25, 0.3) is 11.7 Å². The fourth-order valence-corrected chi connectivity index (χ4v) is 4.31. The van der Waals surface area contributed by atoms with Crippen LogP contribution in [-0.2, 0) is 11.3 Å². The SMILES string of the molecule is Cc1ccc(CNc2nc3c(C)cccn3c(=O)c2/C=C2\SC(=S)N(C)C2=O)cc1. The summed E-state index contributed by atoms with van der Waals surface area (Å²) in [4.78, 5) is 32.3. The summed E-state index contributed by atoms with van der Waals surface area (Å²) in [6, 6.07) is 11.9. The molecule has 4 rings (SSSR count). The molecule has 2 aromatic heterocycles. The van der Waals surface area contributed by atoms with Gasteiger partial charge in [0.05, 0.1) is 10.5 Å². The molecule has 3 aromatic rings. The van der Waals surface area contributed by atoms with Crippen molar-refractivity contribution in [2.24, 2.45) is 0 Å². The quantitative estimate of drug-likeness (QED) is 0.496. The number of carbonyl (C=O) groups excluding carboxylic acids is 1. The fourth-order valence-electron chi connectivity index (χ4n) is 3.14. The smallest absolute Gasteiger partial charge is 0.267 e. The van der Waals surface area contributed by atoms with Crippen LogP contribution in [0.1, 0.15) is 22.3 Å². The Morgan fingerprint density at radius 3 is 2.57 bits per heavy atom. The molecule has 0 bridgehead atoms. The predicted octanol–water partition coefficient (Wildman–Crippen LogP) is 3.75. The summed E-state index contributed by atoms with van der Waals surface area (Å²) in [5.41, 5.74) is 3.81. The highest BCUT2D eigenvalue weighted by Crippen LogP contribution is 2.32. The standard InChI is InChI=1S/C22H20N4O2S2/c1-13-6-8-15(9-7-13)12-23-18-16(11-17-21(28)25(3)22(29)30-17)20(27)26-10-4-5-14(2)19(26)24-18/h4-11,23H,12H2,1-3H3/b17-11-. The number of thioether (sulfide) groups is 1. The van der Waals surface area contributed by atoms with Gasteiger partial charge in [0, 0.05) is 19.8 Å². The second-order valence-electron chi connectivity index (χ2n) is 7.14. The lowest BCUT2D eigenvalue weighted by Crippen LogP contribution is -2.23. The summed E-state index contributed by atoms with van der Waals surface area (Å²) in [5.74, 6) is 0.222. The molecule has 30 heavy (non-hydrogen) atoms. The van der Waals surface area contributed by atoms with Gasteiger partial charge >= 0.3 is 0 Å². The lowest BCUT2D eigenvalue weighted by atomic mass is 10.1. The van der Waals surface area contributed by atoms with Gasteiger partial charge in [0.1, 0.15) is 15.8 Å². The molecule has 1 N–H and O–H groups in total. The van der Waals surface area contributed by atoms with E-state index in [1.807, 2.05) is 44.2 Å². The number of nitrogens with one attached hydrogen (secondary N) is 1. The molecular formula is C22H20N4O2S2. The zero-order chi connectivity index (χ0) is 21.4. The molecule has 0 saturated carbocycles. The third-order valence-corrected chi connectivity index (χ3v) is 6.41. The highest BCUT2D eigenvalue weighted by molar-refractivity contribution is 8.26. The molecule has 152 valence electrons. The average Bonchev–Trinajstić information content (AvgIpc) is 2.97. The minimum atomic E-state index is -0.239. The molecule has 0 atom stereocenters. The fraction of sp³-hybridized carbons (Fsp3) is 0.182. The Morgan fingerprint density at radius 1 is 1.17 bits per heavy atom. The number of amides is 1. The van der Waals surface area contributed by atoms with Crippen molar-refractivity contribution in [2.75, 3.05) is 12.4 Å². The maximum absolute atomic E-state index is 13.3. The third-order valence-electron chi connectivity index (χ3n) is 4.93. The maximum Gasteiger partial charge on any atom is 0.267 e. The van der Waals surface area contributed by atoms with Gasteiger partial charge < -0.3 is 5.32 Å². The van der Waals surface area contributed by atoms with Gasteiger partial charge in [-0.05, 0) is 37.1 Å². The van der Waals surface area contributed by atoms with E-state index < -0.39 is 0 Å². The van der Waals surface area contributed by atoms with Gasteiger partial charge in [-0.1, -0.05) is 59.9 Å². The number of pyridine rings is 1. The van der Waals surface area contributed by atoms with E-state index in [1.54, 1.807) is 25.4 Å². The first-order chi connectivity index (χ1) is 14.3. The minimum absolute atomic E-state index is 0.219. The van der Waals surface area contributed by atoms with Crippen LogP contribution in [0.2, 0.25) is 0 Å². The van der Waals surface area contributed by atoms with Crippen molar-refractivity contribution >= 4 is 51.7 Å². The zero-order valence-corrected chi connectivity index (χ0v) is 18.4. The first-order valence-electron chi connectivity index (χ1n) is 9.38. The van der Waals surface area contributed by atoms with Crippen LogP contribution in [0.15, 0.2) is 52.3 Å². The first-order valence-corrected chi connectivity index (χ1v) is 10.6. The van der Waals surface area contributed by atoms with Crippen LogP contribution < -0.4 is 10.9 Å². The number of hydrogen-bond acceptors (Lipinski definition) is 6. The van der Waals surface area contributed by atoms with Crippen molar-refractivity contribution < 1.29 is 4.79 Å². The van der Waals surface area contributed by atoms with E-state index in [0.29, 0.717) is 32.8 Å². The zero-order valence-electron chi connectivity index (χ0n) is 16.8. The van der Waals surface area contributed by atoms with E-state index in [4.69, 9.17) is 17.2 Å². The Labute approximate surface area is 183 Å². The number of fused-ring (bicyclic) bond motifs is 1. The number of likely N-dealkylation sites (N-methyl/N-ethyl adjacent to an activating group) is 1. The summed E-state index contributed by atoms with van der Waals surface area (Å²) in [6.45, 7) is 4.45. The van der Waals surface area contributed by atoms with Crippen molar-refractivity contribution in [3.05, 3.63) is 80.1 Å². The first kappa shape index (κ1) is 20.3. The summed E-state index contributed by atoms with van der Waals surface area (Å²) >= 11 is 6.39. The minimum Gasteiger partial charge on any atom is -0.365 e. The topological polar surface area (TPSA) is 66.7 Å². The van der Waals surface area contributed by atoms with Crippen LogP contribution in [0, 0.1) is 13.8 Å². The monoisotopic (exact) mass is 436 g/mol. The Kier molecular flexibility index (Phi) is 5.44. The largest absolute Gasteiger partial charge is 0.365 e. The molecule has 1 aliphatic rings. The highest BCUT2D eigenvalue weighted by atomic mass is 32.2. The molecule has 0 spiro atoms. The molecule has 6 nitrogen and oxygen atoms in total. The summed E-state index contributed by atoms with van der Waals surface area (Å²) in [5, 5.41) is 3.28. The van der Waals surface area contributed by atoms with Crippen LogP contribution in [0.5, 0.6) is 0 Å². The molecule has 1 amide bonds. The van der Waals surface area contributed by atoms with Crippen molar-refractivity contribution in [1.29, 1.82) is 0 Å². The number of benzene rings is 1. The Bertz CT molecular complexity index is 1260. The van der Waals surface area contributed by atoms with Gasteiger partial charge in [-0.3, -0.25) is 18.9 Å². The van der Waals surface area contributed by atoms with Crippen molar-refractivity contribution in [2.45, 2.75) is 20.4 Å². The van der Waals surface area contributed by atoms with Gasteiger partial charge in [0.25, 0.3) is 11.5 Å². The number of carbonyl (C=O) groups is 1. The van der Waals surface area contributed by atoms with E-state index in [2.05, 4.69) is 5.32 Å². The Morgan fingerprint density at radius 2 is 1.90 bits per heavy atom. The number of rotatable bonds is 4. The number of hydrogen-bond donors (Lipinski definition) is 1. The number of aryl methyl sites for hydroxylation is 2. The van der Waals surface area contributed by atoms with Gasteiger partial charge in [0.2, 0.25) is 0 Å². The van der Waals surface area contributed by atoms with Crippen LogP contribution in [0.3, 0.4) is 0 Å². The van der Waals surface area contributed by atoms with Gasteiger partial charge in [-0.15, -0.1) is 0 Å². The lowest BCUT2D eigenvalue weighted by molar-refractivity contribution is -0.121.